The van der Waals surface area contributed by atoms with Crippen molar-refractivity contribution in [3.63, 3.8) is 0 Å². The van der Waals surface area contributed by atoms with Crippen LogP contribution in [-0.2, 0) is 11.2 Å². The molecular formula is C13H18N2O2S. The van der Waals surface area contributed by atoms with Gasteiger partial charge in [0.25, 0.3) is 0 Å². The number of carbonyl (C=O) groups is 1. The zero-order chi connectivity index (χ0) is 13.0. The molecule has 1 heterocycles. The number of nitrogens with one attached hydrogen (secondary N) is 1. The summed E-state index contributed by atoms with van der Waals surface area (Å²) in [5.74, 6) is 2.23. The summed E-state index contributed by atoms with van der Waals surface area (Å²) in [6.07, 6.45) is 1.52. The highest BCUT2D eigenvalue weighted by atomic mass is 32.2. The molecule has 2 atom stereocenters. The lowest BCUT2D eigenvalue weighted by Crippen LogP contribution is -2.46. The predicted octanol–water partition coefficient (Wildman–Crippen LogP) is 0.884. The molecule has 1 fully saturated rings. The summed E-state index contributed by atoms with van der Waals surface area (Å²) in [4.78, 5) is 11.9. The Balaban J connectivity index is 1.84. The lowest BCUT2D eigenvalue weighted by atomic mass is 10.1. The van der Waals surface area contributed by atoms with E-state index in [-0.39, 0.29) is 17.7 Å². The van der Waals surface area contributed by atoms with Gasteiger partial charge in [-0.2, -0.15) is 11.8 Å². The first kappa shape index (κ1) is 13.2. The maximum atomic E-state index is 11.9. The lowest BCUT2D eigenvalue weighted by Gasteiger charge is -2.16. The number of rotatable bonds is 4. The van der Waals surface area contributed by atoms with Gasteiger partial charge in [0.05, 0.1) is 6.04 Å². The second kappa shape index (κ2) is 6.11. The first-order valence-corrected chi connectivity index (χ1v) is 7.22. The first-order valence-electron chi connectivity index (χ1n) is 6.07. The summed E-state index contributed by atoms with van der Waals surface area (Å²) in [6, 6.07) is 6.52. The molecule has 5 heteroatoms. The number of phenols is 1. The molecule has 0 radical (unpaired) electrons. The number of phenolic OH excluding ortho intramolecular Hbond substituents is 1. The van der Waals surface area contributed by atoms with Crippen molar-refractivity contribution < 1.29 is 9.90 Å². The SMILES string of the molecule is N[C@H](Cc1ccc(O)cc1)C(=O)NC1CCSC1. The molecule has 0 bridgehead atoms. The number of amides is 1. The highest BCUT2D eigenvalue weighted by Gasteiger charge is 2.21. The molecule has 1 aromatic carbocycles. The van der Waals surface area contributed by atoms with Crippen molar-refractivity contribution in [3.8, 4) is 5.75 Å². The summed E-state index contributed by atoms with van der Waals surface area (Å²) in [6.45, 7) is 0. The van der Waals surface area contributed by atoms with Crippen LogP contribution in [0.15, 0.2) is 24.3 Å². The molecule has 1 saturated heterocycles. The van der Waals surface area contributed by atoms with Gasteiger partial charge in [0.1, 0.15) is 5.75 Å². The van der Waals surface area contributed by atoms with Gasteiger partial charge in [-0.25, -0.2) is 0 Å². The average molecular weight is 266 g/mol. The summed E-state index contributed by atoms with van der Waals surface area (Å²) >= 11 is 1.86. The Bertz CT molecular complexity index is 402. The van der Waals surface area contributed by atoms with Crippen LogP contribution >= 0.6 is 11.8 Å². The van der Waals surface area contributed by atoms with E-state index in [1.54, 1.807) is 24.3 Å². The first-order chi connectivity index (χ1) is 8.65. The fraction of sp³-hybridized carbons (Fsp3) is 0.462. The van der Waals surface area contributed by atoms with Crippen LogP contribution in [0.1, 0.15) is 12.0 Å². The predicted molar refractivity (Wildman–Crippen MR) is 73.7 cm³/mol. The normalized spacial score (nSPS) is 20.6. The van der Waals surface area contributed by atoms with Crippen LogP contribution in [0.2, 0.25) is 0 Å². The molecule has 4 N–H and O–H groups in total. The highest BCUT2D eigenvalue weighted by molar-refractivity contribution is 7.99. The van der Waals surface area contributed by atoms with Gasteiger partial charge < -0.3 is 16.2 Å². The molecule has 0 spiro atoms. The van der Waals surface area contributed by atoms with Crippen LogP contribution in [0.3, 0.4) is 0 Å². The molecule has 18 heavy (non-hydrogen) atoms. The fourth-order valence-electron chi connectivity index (χ4n) is 1.94. The van der Waals surface area contributed by atoms with Gasteiger partial charge in [-0.15, -0.1) is 0 Å². The molecule has 1 aliphatic rings. The second-order valence-electron chi connectivity index (χ2n) is 4.55. The highest BCUT2D eigenvalue weighted by Crippen LogP contribution is 2.17. The van der Waals surface area contributed by atoms with Gasteiger partial charge in [-0.3, -0.25) is 4.79 Å². The fourth-order valence-corrected chi connectivity index (χ4v) is 3.09. The van der Waals surface area contributed by atoms with E-state index in [1.807, 2.05) is 11.8 Å². The maximum absolute atomic E-state index is 11.9. The minimum atomic E-state index is -0.528. The minimum Gasteiger partial charge on any atom is -0.508 e. The van der Waals surface area contributed by atoms with Gasteiger partial charge in [0.15, 0.2) is 0 Å². The molecule has 2 rings (SSSR count). The summed E-state index contributed by atoms with van der Waals surface area (Å²) in [5, 5.41) is 12.2. The molecule has 0 aromatic heterocycles. The smallest absolute Gasteiger partial charge is 0.237 e. The minimum absolute atomic E-state index is 0.0874. The Morgan fingerprint density at radius 3 is 2.83 bits per heavy atom. The van der Waals surface area contributed by atoms with Crippen LogP contribution in [0.5, 0.6) is 5.75 Å². The zero-order valence-electron chi connectivity index (χ0n) is 10.1. The van der Waals surface area contributed by atoms with Crippen molar-refractivity contribution in [2.24, 2.45) is 5.73 Å². The van der Waals surface area contributed by atoms with Crippen LogP contribution in [-0.4, -0.2) is 34.6 Å². The molecule has 98 valence electrons. The lowest BCUT2D eigenvalue weighted by molar-refractivity contribution is -0.122. The second-order valence-corrected chi connectivity index (χ2v) is 5.70. The van der Waals surface area contributed by atoms with Crippen LogP contribution in [0.4, 0.5) is 0 Å². The third kappa shape index (κ3) is 3.65. The van der Waals surface area contributed by atoms with E-state index in [2.05, 4.69) is 5.32 Å². The Kier molecular flexibility index (Phi) is 4.49. The van der Waals surface area contributed by atoms with Crippen molar-refractivity contribution in [2.75, 3.05) is 11.5 Å². The van der Waals surface area contributed by atoms with E-state index in [4.69, 9.17) is 5.73 Å². The molecular weight excluding hydrogens is 248 g/mol. The number of aromatic hydroxyl groups is 1. The number of benzene rings is 1. The van der Waals surface area contributed by atoms with Gasteiger partial charge in [-0.05, 0) is 36.3 Å². The molecule has 1 aliphatic heterocycles. The number of carbonyl (C=O) groups excluding carboxylic acids is 1. The summed E-state index contributed by atoms with van der Waals surface area (Å²) in [5.41, 5.74) is 6.84. The largest absolute Gasteiger partial charge is 0.508 e. The van der Waals surface area contributed by atoms with Crippen molar-refractivity contribution in [1.82, 2.24) is 5.32 Å². The van der Waals surface area contributed by atoms with E-state index >= 15 is 0 Å². The van der Waals surface area contributed by atoms with Gasteiger partial charge in [-0.1, -0.05) is 12.1 Å². The van der Waals surface area contributed by atoms with E-state index in [0.717, 1.165) is 23.5 Å². The summed E-state index contributed by atoms with van der Waals surface area (Å²) < 4.78 is 0. The van der Waals surface area contributed by atoms with E-state index in [0.29, 0.717) is 6.42 Å². The van der Waals surface area contributed by atoms with Gasteiger partial charge >= 0.3 is 0 Å². The Morgan fingerprint density at radius 1 is 1.50 bits per heavy atom. The number of nitrogens with two attached hydrogens (primary N) is 1. The van der Waals surface area contributed by atoms with E-state index < -0.39 is 6.04 Å². The molecule has 0 saturated carbocycles. The molecule has 4 nitrogen and oxygen atoms in total. The van der Waals surface area contributed by atoms with Crippen LogP contribution < -0.4 is 11.1 Å². The Labute approximate surface area is 111 Å². The third-order valence-electron chi connectivity index (χ3n) is 3.00. The molecule has 1 aromatic rings. The number of hydrogen-bond acceptors (Lipinski definition) is 4. The molecule has 1 amide bonds. The zero-order valence-corrected chi connectivity index (χ0v) is 11.0. The topological polar surface area (TPSA) is 75.3 Å². The van der Waals surface area contributed by atoms with Crippen molar-refractivity contribution in [3.05, 3.63) is 29.8 Å². The summed E-state index contributed by atoms with van der Waals surface area (Å²) in [7, 11) is 0. The maximum Gasteiger partial charge on any atom is 0.237 e. The standard InChI is InChI=1S/C13H18N2O2S/c14-12(7-9-1-3-11(16)4-2-9)13(17)15-10-5-6-18-8-10/h1-4,10,12,16H,5-8,14H2,(H,15,17)/t10?,12-/m1/s1. The number of hydrogen-bond donors (Lipinski definition) is 3. The van der Waals surface area contributed by atoms with Crippen molar-refractivity contribution >= 4 is 17.7 Å². The van der Waals surface area contributed by atoms with Crippen molar-refractivity contribution in [1.29, 1.82) is 0 Å². The monoisotopic (exact) mass is 266 g/mol. The Hall–Kier alpha value is -1.20. The van der Waals surface area contributed by atoms with Crippen LogP contribution in [0, 0.1) is 0 Å². The van der Waals surface area contributed by atoms with Crippen LogP contribution in [0.25, 0.3) is 0 Å². The van der Waals surface area contributed by atoms with Gasteiger partial charge in [0.2, 0.25) is 5.91 Å². The Morgan fingerprint density at radius 2 is 2.22 bits per heavy atom. The number of thioether (sulfide) groups is 1. The molecule has 1 unspecified atom stereocenters. The average Bonchev–Trinajstić information content (AvgIpc) is 2.85. The molecule has 0 aliphatic carbocycles. The third-order valence-corrected chi connectivity index (χ3v) is 4.17. The van der Waals surface area contributed by atoms with Crippen molar-refractivity contribution in [2.45, 2.75) is 24.9 Å². The van der Waals surface area contributed by atoms with E-state index in [1.165, 1.54) is 0 Å². The van der Waals surface area contributed by atoms with Gasteiger partial charge in [0, 0.05) is 11.8 Å². The van der Waals surface area contributed by atoms with E-state index in [9.17, 15) is 9.90 Å². The quantitative estimate of drug-likeness (QED) is 0.756.